The van der Waals surface area contributed by atoms with Crippen LogP contribution < -0.4 is 5.73 Å². The van der Waals surface area contributed by atoms with Crippen LogP contribution in [0, 0.1) is 0 Å². The Morgan fingerprint density at radius 3 is 2.58 bits per heavy atom. The predicted octanol–water partition coefficient (Wildman–Crippen LogP) is 1.66. The molecule has 0 aliphatic rings. The van der Waals surface area contributed by atoms with Gasteiger partial charge in [-0.05, 0) is 24.3 Å². The Hall–Kier alpha value is -0.560. The minimum Gasteiger partial charge on any atom is -0.326 e. The summed E-state index contributed by atoms with van der Waals surface area (Å²) in [7, 11) is -1.64. The van der Waals surface area contributed by atoms with Crippen molar-refractivity contribution in [3.63, 3.8) is 0 Å². The smallest absolute Gasteiger partial charge is 0.218 e. The molecule has 2 N–H and O–H groups in total. The van der Waals surface area contributed by atoms with Crippen LogP contribution in [-0.2, 0) is 22.3 Å². The molecule has 0 heterocycles. The van der Waals surface area contributed by atoms with Gasteiger partial charge in [0.1, 0.15) is 0 Å². The first-order chi connectivity index (χ1) is 8.90. The molecule has 0 aromatic heterocycles. The largest absolute Gasteiger partial charge is 0.326 e. The number of nitrogens with two attached hydrogens (primary N) is 1. The highest BCUT2D eigenvalue weighted by atomic mass is 32.2. The molecule has 0 spiro atoms. The lowest BCUT2D eigenvalue weighted by Crippen LogP contribution is -2.37. The van der Waals surface area contributed by atoms with Crippen LogP contribution in [0.4, 0.5) is 0 Å². The molecule has 0 aliphatic heterocycles. The van der Waals surface area contributed by atoms with E-state index in [1.807, 2.05) is 37.4 Å². The first-order valence-corrected chi connectivity index (χ1v) is 9.13. The van der Waals surface area contributed by atoms with E-state index in [1.54, 1.807) is 18.8 Å². The molecular weight excluding hydrogens is 280 g/mol. The van der Waals surface area contributed by atoms with Crippen LogP contribution in [0.1, 0.15) is 18.1 Å². The Balaban J connectivity index is 2.83. The second kappa shape index (κ2) is 7.28. The average molecular weight is 302 g/mol. The molecule has 6 heteroatoms. The van der Waals surface area contributed by atoms with E-state index in [4.69, 9.17) is 5.73 Å². The van der Waals surface area contributed by atoms with Crippen molar-refractivity contribution in [2.45, 2.75) is 25.3 Å². The highest BCUT2D eigenvalue weighted by Crippen LogP contribution is 2.15. The third kappa shape index (κ3) is 4.80. The summed E-state index contributed by atoms with van der Waals surface area (Å²) < 4.78 is 26.1. The number of thioether (sulfide) groups is 1. The maximum atomic E-state index is 12.3. The predicted molar refractivity (Wildman–Crippen MR) is 82.6 cm³/mol. The SMILES string of the molecule is CSCC(C)N(C)S(=O)(=O)Cc1cccc(CN)c1. The Kier molecular flexibility index (Phi) is 6.32. The van der Waals surface area contributed by atoms with E-state index in [0.717, 1.165) is 16.9 Å². The van der Waals surface area contributed by atoms with Crippen molar-refractivity contribution in [2.24, 2.45) is 5.73 Å². The second-order valence-electron chi connectivity index (χ2n) is 4.60. The van der Waals surface area contributed by atoms with Crippen LogP contribution in [0.15, 0.2) is 24.3 Å². The summed E-state index contributed by atoms with van der Waals surface area (Å²) in [5.41, 5.74) is 7.30. The van der Waals surface area contributed by atoms with E-state index in [1.165, 1.54) is 4.31 Å². The van der Waals surface area contributed by atoms with Crippen LogP contribution in [0.25, 0.3) is 0 Å². The third-order valence-corrected chi connectivity index (χ3v) is 5.79. The average Bonchev–Trinajstić information content (AvgIpc) is 2.37. The van der Waals surface area contributed by atoms with Crippen LogP contribution in [0.2, 0.25) is 0 Å². The molecule has 0 bridgehead atoms. The molecule has 1 aromatic carbocycles. The molecule has 19 heavy (non-hydrogen) atoms. The zero-order valence-corrected chi connectivity index (χ0v) is 13.3. The van der Waals surface area contributed by atoms with Crippen molar-refractivity contribution < 1.29 is 8.42 Å². The lowest BCUT2D eigenvalue weighted by atomic mass is 10.1. The Morgan fingerprint density at radius 1 is 1.37 bits per heavy atom. The summed E-state index contributed by atoms with van der Waals surface area (Å²) in [6.45, 7) is 2.34. The maximum Gasteiger partial charge on any atom is 0.218 e. The van der Waals surface area contributed by atoms with E-state index < -0.39 is 10.0 Å². The van der Waals surface area contributed by atoms with Gasteiger partial charge in [-0.2, -0.15) is 11.8 Å². The maximum absolute atomic E-state index is 12.3. The Morgan fingerprint density at radius 2 is 2.00 bits per heavy atom. The van der Waals surface area contributed by atoms with Gasteiger partial charge in [0.05, 0.1) is 5.75 Å². The fourth-order valence-electron chi connectivity index (χ4n) is 1.78. The molecule has 1 rings (SSSR count). The van der Waals surface area contributed by atoms with E-state index in [9.17, 15) is 8.42 Å². The minimum absolute atomic E-state index is 0.00214. The van der Waals surface area contributed by atoms with Gasteiger partial charge in [-0.1, -0.05) is 24.3 Å². The summed E-state index contributed by atoms with van der Waals surface area (Å²) >= 11 is 1.64. The second-order valence-corrected chi connectivity index (χ2v) is 7.54. The summed E-state index contributed by atoms with van der Waals surface area (Å²) in [4.78, 5) is 0. The number of nitrogens with zero attached hydrogens (tertiary/aromatic N) is 1. The fraction of sp³-hybridized carbons (Fsp3) is 0.538. The first-order valence-electron chi connectivity index (χ1n) is 6.13. The van der Waals surface area contributed by atoms with Gasteiger partial charge in [0.25, 0.3) is 0 Å². The minimum atomic E-state index is -3.28. The summed E-state index contributed by atoms with van der Waals surface area (Å²) in [6, 6.07) is 7.42. The fourth-order valence-corrected chi connectivity index (χ4v) is 4.01. The van der Waals surface area contributed by atoms with Crippen LogP contribution in [0.3, 0.4) is 0 Å². The molecule has 0 aliphatic carbocycles. The number of rotatable bonds is 7. The summed E-state index contributed by atoms with van der Waals surface area (Å²) in [6.07, 6.45) is 1.97. The van der Waals surface area contributed by atoms with Gasteiger partial charge in [-0.15, -0.1) is 0 Å². The monoisotopic (exact) mass is 302 g/mol. The third-order valence-electron chi connectivity index (χ3n) is 3.04. The quantitative estimate of drug-likeness (QED) is 0.832. The van der Waals surface area contributed by atoms with Crippen molar-refractivity contribution in [3.05, 3.63) is 35.4 Å². The molecule has 4 nitrogen and oxygen atoms in total. The molecule has 1 aromatic rings. The van der Waals surface area contributed by atoms with Crippen molar-refractivity contribution in [3.8, 4) is 0 Å². The highest BCUT2D eigenvalue weighted by Gasteiger charge is 2.23. The molecule has 0 fully saturated rings. The van der Waals surface area contributed by atoms with Crippen molar-refractivity contribution in [2.75, 3.05) is 19.1 Å². The molecule has 0 saturated carbocycles. The van der Waals surface area contributed by atoms with Crippen LogP contribution in [0.5, 0.6) is 0 Å². The van der Waals surface area contributed by atoms with Crippen molar-refractivity contribution in [1.82, 2.24) is 4.31 Å². The summed E-state index contributed by atoms with van der Waals surface area (Å²) in [5, 5.41) is 0. The van der Waals surface area contributed by atoms with Gasteiger partial charge in [-0.3, -0.25) is 0 Å². The number of hydrogen-bond donors (Lipinski definition) is 1. The van der Waals surface area contributed by atoms with Gasteiger partial charge in [0, 0.05) is 25.4 Å². The number of benzene rings is 1. The molecule has 1 atom stereocenters. The zero-order valence-electron chi connectivity index (χ0n) is 11.7. The van der Waals surface area contributed by atoms with E-state index in [2.05, 4.69) is 0 Å². The standard InChI is InChI=1S/C13H22N2O2S2/c1-11(9-18-3)15(2)19(16,17)10-13-6-4-5-12(7-13)8-14/h4-7,11H,8-10,14H2,1-3H3. The molecular formula is C13H22N2O2S2. The highest BCUT2D eigenvalue weighted by molar-refractivity contribution is 7.98. The van der Waals surface area contributed by atoms with Gasteiger partial charge in [0.2, 0.25) is 10.0 Å². The van der Waals surface area contributed by atoms with Crippen molar-refractivity contribution in [1.29, 1.82) is 0 Å². The van der Waals surface area contributed by atoms with Gasteiger partial charge < -0.3 is 5.73 Å². The topological polar surface area (TPSA) is 63.4 Å². The molecule has 108 valence electrons. The summed E-state index contributed by atoms with van der Waals surface area (Å²) in [5.74, 6) is 0.814. The van der Waals surface area contributed by atoms with Crippen LogP contribution >= 0.6 is 11.8 Å². The van der Waals surface area contributed by atoms with Gasteiger partial charge in [0.15, 0.2) is 0 Å². The van der Waals surface area contributed by atoms with Gasteiger partial charge >= 0.3 is 0 Å². The first kappa shape index (κ1) is 16.5. The van der Waals surface area contributed by atoms with Crippen LogP contribution in [-0.4, -0.2) is 37.8 Å². The Labute approximate surface area is 120 Å². The molecule has 1 unspecified atom stereocenters. The van der Waals surface area contributed by atoms with Crippen molar-refractivity contribution >= 4 is 21.8 Å². The van der Waals surface area contributed by atoms with E-state index in [0.29, 0.717) is 6.54 Å². The zero-order chi connectivity index (χ0) is 14.5. The Bertz CT molecular complexity index is 503. The lowest BCUT2D eigenvalue weighted by molar-refractivity contribution is 0.414. The number of hydrogen-bond acceptors (Lipinski definition) is 4. The molecule has 0 amide bonds. The molecule has 0 saturated heterocycles. The number of sulfonamides is 1. The lowest BCUT2D eigenvalue weighted by Gasteiger charge is -2.23. The van der Waals surface area contributed by atoms with Gasteiger partial charge in [-0.25, -0.2) is 12.7 Å². The molecule has 0 radical (unpaired) electrons. The van der Waals surface area contributed by atoms with E-state index in [-0.39, 0.29) is 11.8 Å². The normalized spacial score (nSPS) is 13.7. The van der Waals surface area contributed by atoms with E-state index >= 15 is 0 Å².